The molecule has 4 fully saturated rings. The number of aliphatic hydroxyl groups excluding tert-OH is 1. The number of hydrogen-bond donors (Lipinski definition) is 1. The van der Waals surface area contributed by atoms with Gasteiger partial charge in [-0.2, -0.15) is 0 Å². The van der Waals surface area contributed by atoms with Gasteiger partial charge in [0.1, 0.15) is 6.10 Å². The van der Waals surface area contributed by atoms with E-state index in [2.05, 4.69) is 4.90 Å². The maximum absolute atomic E-state index is 12.8. The van der Waals surface area contributed by atoms with Gasteiger partial charge in [-0.3, -0.25) is 9.69 Å². The van der Waals surface area contributed by atoms with E-state index in [0.717, 1.165) is 19.5 Å². The van der Waals surface area contributed by atoms with Gasteiger partial charge in [-0.1, -0.05) is 12.5 Å². The van der Waals surface area contributed by atoms with Gasteiger partial charge in [0.15, 0.2) is 6.10 Å². The maximum Gasteiger partial charge on any atom is 0.333 e. The number of carbonyl (C=O) groups is 2. The van der Waals surface area contributed by atoms with Crippen molar-refractivity contribution in [3.8, 4) is 0 Å². The summed E-state index contributed by atoms with van der Waals surface area (Å²) in [5.74, 6) is 0.247. The molecular weight excluding hydrogens is 332 g/mol. The van der Waals surface area contributed by atoms with Crippen LogP contribution in [0.25, 0.3) is 0 Å². The van der Waals surface area contributed by atoms with Crippen LogP contribution in [0.4, 0.5) is 0 Å². The molecule has 4 rings (SSSR count). The zero-order chi connectivity index (χ0) is 18.4. The molecule has 0 aromatic rings. The van der Waals surface area contributed by atoms with Crippen LogP contribution in [0.15, 0.2) is 11.6 Å². The molecule has 0 spiro atoms. The van der Waals surface area contributed by atoms with Gasteiger partial charge in [0, 0.05) is 37.2 Å². The topological polar surface area (TPSA) is 70.1 Å². The quantitative estimate of drug-likeness (QED) is 0.593. The van der Waals surface area contributed by atoms with E-state index in [1.807, 2.05) is 4.90 Å². The number of amides is 1. The second-order valence-corrected chi connectivity index (χ2v) is 8.47. The van der Waals surface area contributed by atoms with Crippen LogP contribution in [-0.2, 0) is 14.3 Å². The Morgan fingerprint density at radius 1 is 1.19 bits per heavy atom. The van der Waals surface area contributed by atoms with Crippen LogP contribution in [0.5, 0.6) is 0 Å². The summed E-state index contributed by atoms with van der Waals surface area (Å²) in [6.07, 6.45) is 5.20. The molecule has 144 valence electrons. The van der Waals surface area contributed by atoms with E-state index in [1.165, 1.54) is 25.8 Å². The lowest BCUT2D eigenvalue weighted by Crippen LogP contribution is -2.68. The van der Waals surface area contributed by atoms with Gasteiger partial charge < -0.3 is 14.7 Å². The monoisotopic (exact) mass is 362 g/mol. The summed E-state index contributed by atoms with van der Waals surface area (Å²) in [6.45, 7) is 6.40. The van der Waals surface area contributed by atoms with Crippen molar-refractivity contribution in [1.29, 1.82) is 0 Å². The number of hydrogen-bond acceptors (Lipinski definition) is 5. The largest absolute Gasteiger partial charge is 0.456 e. The van der Waals surface area contributed by atoms with Crippen molar-refractivity contribution in [3.05, 3.63) is 11.6 Å². The summed E-state index contributed by atoms with van der Waals surface area (Å²) in [6, 6.07) is 0.674. The lowest BCUT2D eigenvalue weighted by molar-refractivity contribution is -0.181. The summed E-state index contributed by atoms with van der Waals surface area (Å²) in [5, 5.41) is 10.5. The number of esters is 1. The molecule has 4 aliphatic rings. The Morgan fingerprint density at radius 3 is 2.73 bits per heavy atom. The van der Waals surface area contributed by atoms with E-state index in [9.17, 15) is 14.7 Å². The number of ether oxygens (including phenoxy) is 1. The second-order valence-electron chi connectivity index (χ2n) is 8.47. The number of fused-ring (bicyclic) bond motifs is 6. The Labute approximate surface area is 155 Å². The van der Waals surface area contributed by atoms with Crippen LogP contribution >= 0.6 is 0 Å². The highest BCUT2D eigenvalue weighted by atomic mass is 16.6. The maximum atomic E-state index is 12.8. The number of piperidine rings is 4. The molecule has 0 aromatic heterocycles. The summed E-state index contributed by atoms with van der Waals surface area (Å²) >= 11 is 0. The summed E-state index contributed by atoms with van der Waals surface area (Å²) in [5.41, 5.74) is 0.504. The van der Waals surface area contributed by atoms with Crippen LogP contribution < -0.4 is 0 Å². The van der Waals surface area contributed by atoms with Crippen molar-refractivity contribution < 1.29 is 19.4 Å². The molecule has 0 unspecified atom stereocenters. The normalized spacial score (nSPS) is 40.7. The van der Waals surface area contributed by atoms with E-state index in [0.29, 0.717) is 29.9 Å². The third kappa shape index (κ3) is 2.97. The highest BCUT2D eigenvalue weighted by Gasteiger charge is 2.53. The molecule has 4 aliphatic heterocycles. The fourth-order valence-electron chi connectivity index (χ4n) is 5.55. The average molecular weight is 362 g/mol. The predicted molar refractivity (Wildman–Crippen MR) is 96.2 cm³/mol. The molecule has 0 aromatic carbocycles. The van der Waals surface area contributed by atoms with Crippen LogP contribution in [0.2, 0.25) is 0 Å². The van der Waals surface area contributed by atoms with Gasteiger partial charge in [0.2, 0.25) is 0 Å². The minimum Gasteiger partial charge on any atom is -0.456 e. The summed E-state index contributed by atoms with van der Waals surface area (Å²) in [4.78, 5) is 29.5. The summed E-state index contributed by atoms with van der Waals surface area (Å²) in [7, 11) is 0. The van der Waals surface area contributed by atoms with Crippen LogP contribution in [-0.4, -0.2) is 70.7 Å². The smallest absolute Gasteiger partial charge is 0.333 e. The first-order chi connectivity index (χ1) is 12.5. The highest BCUT2D eigenvalue weighted by Crippen LogP contribution is 2.43. The molecule has 26 heavy (non-hydrogen) atoms. The van der Waals surface area contributed by atoms with E-state index in [1.54, 1.807) is 19.9 Å². The fourth-order valence-corrected chi connectivity index (χ4v) is 5.55. The highest BCUT2D eigenvalue weighted by molar-refractivity contribution is 5.89. The molecule has 2 bridgehead atoms. The van der Waals surface area contributed by atoms with Crippen LogP contribution in [0, 0.1) is 11.8 Å². The first-order valence-electron chi connectivity index (χ1n) is 10.1. The van der Waals surface area contributed by atoms with Crippen molar-refractivity contribution in [1.82, 2.24) is 9.80 Å². The predicted octanol–water partition coefficient (Wildman–Crippen LogP) is 1.33. The molecule has 1 amide bonds. The number of nitrogens with zero attached hydrogens (tertiary/aromatic N) is 2. The Balaban J connectivity index is 1.52. The lowest BCUT2D eigenvalue weighted by atomic mass is 9.70. The molecule has 0 radical (unpaired) electrons. The van der Waals surface area contributed by atoms with Gasteiger partial charge in [-0.25, -0.2) is 4.79 Å². The molecule has 6 nitrogen and oxygen atoms in total. The summed E-state index contributed by atoms with van der Waals surface area (Å²) < 4.78 is 5.50. The van der Waals surface area contributed by atoms with Gasteiger partial charge >= 0.3 is 5.97 Å². The molecule has 0 saturated carbocycles. The van der Waals surface area contributed by atoms with Crippen molar-refractivity contribution in [2.24, 2.45) is 11.8 Å². The Morgan fingerprint density at radius 2 is 1.96 bits per heavy atom. The van der Waals surface area contributed by atoms with E-state index < -0.39 is 18.2 Å². The number of rotatable bonds is 2. The van der Waals surface area contributed by atoms with Gasteiger partial charge in [0.05, 0.1) is 0 Å². The molecule has 0 aliphatic carbocycles. The lowest BCUT2D eigenvalue weighted by Gasteiger charge is -2.57. The van der Waals surface area contributed by atoms with Gasteiger partial charge in [0.25, 0.3) is 5.91 Å². The first-order valence-corrected chi connectivity index (χ1v) is 10.1. The molecule has 4 saturated heterocycles. The van der Waals surface area contributed by atoms with Crippen molar-refractivity contribution in [2.75, 3.05) is 19.6 Å². The molecular formula is C20H30N2O4. The van der Waals surface area contributed by atoms with E-state index >= 15 is 0 Å². The Kier molecular flexibility index (Phi) is 4.82. The Hall–Kier alpha value is -1.40. The van der Waals surface area contributed by atoms with Crippen molar-refractivity contribution in [3.63, 3.8) is 0 Å². The molecule has 6 atom stereocenters. The second kappa shape index (κ2) is 6.97. The average Bonchev–Trinajstić information content (AvgIpc) is 2.66. The molecule has 4 heterocycles. The third-order valence-corrected chi connectivity index (χ3v) is 7.03. The minimum atomic E-state index is -1.24. The van der Waals surface area contributed by atoms with Gasteiger partial charge in [-0.15, -0.1) is 0 Å². The standard InChI is InChI=1S/C20H30N2O4/c1-3-12(2)20(25)26-17-9-16-13-8-14(11-22(16)19(24)18(17)23)15-6-4-5-7-21(15)10-13/h3,13-18,23H,4-11H2,1-2H3/b12-3-/t13-,14-,15+,16-,17-,18+/m1/s1. The molecule has 6 heteroatoms. The van der Waals surface area contributed by atoms with Crippen molar-refractivity contribution in [2.45, 2.75) is 70.2 Å². The zero-order valence-corrected chi connectivity index (χ0v) is 15.8. The number of aliphatic hydroxyl groups is 1. The Bertz CT molecular complexity index is 619. The zero-order valence-electron chi connectivity index (χ0n) is 15.8. The number of allylic oxidation sites excluding steroid dienone is 1. The SMILES string of the molecule is C/C=C(/C)C(=O)O[C@@H]1C[C@@H]2[C@@H]3C[C@H](CN2C(=O)[C@H]1O)[C@@H]1CCCCN1C3. The van der Waals surface area contributed by atoms with Gasteiger partial charge in [-0.05, 0) is 51.5 Å². The third-order valence-electron chi connectivity index (χ3n) is 7.03. The van der Waals surface area contributed by atoms with E-state index in [-0.39, 0.29) is 11.9 Å². The minimum absolute atomic E-state index is 0.0775. The van der Waals surface area contributed by atoms with Crippen LogP contribution in [0.3, 0.4) is 0 Å². The fraction of sp³-hybridized carbons (Fsp3) is 0.800. The van der Waals surface area contributed by atoms with Crippen LogP contribution in [0.1, 0.15) is 46.0 Å². The molecule has 1 N–H and O–H groups in total. The van der Waals surface area contributed by atoms with E-state index in [4.69, 9.17) is 4.74 Å². The van der Waals surface area contributed by atoms with Crippen molar-refractivity contribution >= 4 is 11.9 Å². The number of carbonyl (C=O) groups excluding carboxylic acids is 2. The first kappa shape index (κ1) is 18.0.